The van der Waals surface area contributed by atoms with Gasteiger partial charge in [-0.3, -0.25) is 0 Å². The molecule has 10 rings (SSSR count). The second-order valence-corrected chi connectivity index (χ2v) is 18.9. The summed E-state index contributed by atoms with van der Waals surface area (Å²) in [6, 6.07) is 74.1. The van der Waals surface area contributed by atoms with E-state index in [9.17, 15) is 0 Å². The van der Waals surface area contributed by atoms with Crippen molar-refractivity contribution in [2.24, 2.45) is 0 Å². The third-order valence-corrected chi connectivity index (χ3v) is 13.3. The van der Waals surface area contributed by atoms with Crippen LogP contribution in [0.1, 0.15) is 120 Å². The van der Waals surface area contributed by atoms with Crippen molar-refractivity contribution in [3.8, 4) is 22.3 Å². The Balaban J connectivity index is 1.22. The molecule has 0 bridgehead atoms. The van der Waals surface area contributed by atoms with E-state index in [0.717, 1.165) is 0 Å². The summed E-state index contributed by atoms with van der Waals surface area (Å²) in [5.41, 5.74) is 21.1. The molecular weight excluding hydrogens is 709 g/mol. The summed E-state index contributed by atoms with van der Waals surface area (Å²) in [5, 5.41) is 0. The summed E-state index contributed by atoms with van der Waals surface area (Å²) in [6.07, 6.45) is 0. The lowest BCUT2D eigenvalue weighted by atomic mass is 9.70. The van der Waals surface area contributed by atoms with Crippen molar-refractivity contribution >= 4 is 0 Å². The van der Waals surface area contributed by atoms with Crippen LogP contribution in [0.15, 0.2) is 194 Å². The molecule has 8 aromatic rings. The molecule has 0 N–H and O–H groups in total. The predicted molar refractivity (Wildman–Crippen MR) is 248 cm³/mol. The summed E-state index contributed by atoms with van der Waals surface area (Å²) in [6.45, 7) is 13.8. The molecule has 0 amide bonds. The van der Waals surface area contributed by atoms with Gasteiger partial charge in [-0.15, -0.1) is 0 Å². The van der Waals surface area contributed by atoms with Gasteiger partial charge in [0, 0.05) is 11.8 Å². The summed E-state index contributed by atoms with van der Waals surface area (Å²) >= 11 is 0. The van der Waals surface area contributed by atoms with Crippen molar-refractivity contribution in [2.45, 2.75) is 69.6 Å². The molecule has 8 aromatic carbocycles. The van der Waals surface area contributed by atoms with Crippen LogP contribution in [-0.2, 0) is 16.2 Å². The van der Waals surface area contributed by atoms with Crippen molar-refractivity contribution < 1.29 is 0 Å². The molecule has 2 unspecified atom stereocenters. The van der Waals surface area contributed by atoms with Gasteiger partial charge in [0.1, 0.15) is 0 Å². The fourth-order valence-electron chi connectivity index (χ4n) is 10.3. The lowest BCUT2D eigenvalue weighted by Crippen LogP contribution is -2.26. The maximum atomic E-state index is 2.54. The summed E-state index contributed by atoms with van der Waals surface area (Å²) in [7, 11) is 0. The fraction of sp³-hybridized carbons (Fsp3) is 0.186. The van der Waals surface area contributed by atoms with Gasteiger partial charge in [0.15, 0.2) is 0 Å². The second kappa shape index (κ2) is 14.0. The maximum absolute atomic E-state index is 2.54. The molecule has 0 heteroatoms. The first-order valence-corrected chi connectivity index (χ1v) is 21.3. The molecule has 0 aliphatic heterocycles. The zero-order valence-electron chi connectivity index (χ0n) is 35.1. The number of rotatable bonds is 6. The minimum absolute atomic E-state index is 0.0836. The van der Waals surface area contributed by atoms with E-state index >= 15 is 0 Å². The van der Waals surface area contributed by atoms with Crippen molar-refractivity contribution in [2.75, 3.05) is 0 Å². The van der Waals surface area contributed by atoms with Crippen molar-refractivity contribution in [1.82, 2.24) is 0 Å². The van der Waals surface area contributed by atoms with Gasteiger partial charge >= 0.3 is 0 Å². The van der Waals surface area contributed by atoms with Gasteiger partial charge in [-0.25, -0.2) is 0 Å². The zero-order valence-corrected chi connectivity index (χ0v) is 35.1. The molecule has 2 aliphatic rings. The normalized spacial score (nSPS) is 14.6. The Morgan fingerprint density at radius 1 is 0.288 bits per heavy atom. The highest BCUT2D eigenvalue weighted by Gasteiger charge is 2.51. The Morgan fingerprint density at radius 2 is 0.593 bits per heavy atom. The Hall–Kier alpha value is -6.24. The van der Waals surface area contributed by atoms with Gasteiger partial charge < -0.3 is 0 Å². The minimum Gasteiger partial charge on any atom is -0.0622 e. The lowest BCUT2D eigenvalue weighted by Gasteiger charge is -2.31. The van der Waals surface area contributed by atoms with E-state index in [2.05, 4.69) is 236 Å². The SMILES string of the molecule is CC(C)(C)c1ccc(C(c2ccccc2)c2ccc3c(c2)-c2cc(C(c4ccccc4)c4ccc(C(C)(C)C)cc4)ccc2C32c3ccccc3-c3ccccc32)cc1. The Labute approximate surface area is 351 Å². The van der Waals surface area contributed by atoms with Crippen molar-refractivity contribution in [3.05, 3.63) is 261 Å². The maximum Gasteiger partial charge on any atom is 0.0725 e. The lowest BCUT2D eigenvalue weighted by molar-refractivity contribution is 0.589. The minimum atomic E-state index is -0.415. The second-order valence-electron chi connectivity index (χ2n) is 18.9. The summed E-state index contributed by atoms with van der Waals surface area (Å²) in [5.74, 6) is 0.167. The Bertz CT molecular complexity index is 2610. The summed E-state index contributed by atoms with van der Waals surface area (Å²) < 4.78 is 0. The molecule has 0 saturated heterocycles. The van der Waals surface area contributed by atoms with Crippen LogP contribution in [-0.4, -0.2) is 0 Å². The van der Waals surface area contributed by atoms with Crippen LogP contribution in [0.5, 0.6) is 0 Å². The average Bonchev–Trinajstić information content (AvgIpc) is 3.71. The number of benzene rings is 8. The topological polar surface area (TPSA) is 0 Å². The highest BCUT2D eigenvalue weighted by molar-refractivity contribution is 5.95. The molecule has 2 atom stereocenters. The molecule has 59 heavy (non-hydrogen) atoms. The van der Waals surface area contributed by atoms with E-state index in [-0.39, 0.29) is 22.7 Å². The molecular formula is C59H52. The largest absolute Gasteiger partial charge is 0.0725 e. The molecule has 0 nitrogen and oxygen atoms in total. The van der Waals surface area contributed by atoms with Crippen LogP contribution in [0.3, 0.4) is 0 Å². The van der Waals surface area contributed by atoms with E-state index in [1.54, 1.807) is 0 Å². The molecule has 0 aromatic heterocycles. The standard InChI is InChI=1S/C59H52/c1-57(2,3)45-31-25-41(26-32-45)55(39-17-9-7-10-18-39)43-29-35-53-49(37-43)50-38-44(56(40-19-11-8-12-20-40)42-27-33-46(34-28-42)58(4,5)6)30-36-54(50)59(53)51-23-15-13-21-47(51)48-22-14-16-24-52(48)59/h7-38,55-56H,1-6H3. The first-order chi connectivity index (χ1) is 28.5. The van der Waals surface area contributed by atoms with Crippen LogP contribution in [0.2, 0.25) is 0 Å². The van der Waals surface area contributed by atoms with E-state index in [4.69, 9.17) is 0 Å². The van der Waals surface area contributed by atoms with Gasteiger partial charge in [-0.05, 0) is 112 Å². The molecule has 288 valence electrons. The molecule has 2 aliphatic carbocycles. The van der Waals surface area contributed by atoms with Crippen LogP contribution < -0.4 is 0 Å². The number of hydrogen-bond acceptors (Lipinski definition) is 0. The van der Waals surface area contributed by atoms with Crippen LogP contribution >= 0.6 is 0 Å². The summed E-state index contributed by atoms with van der Waals surface area (Å²) in [4.78, 5) is 0. The molecule has 1 spiro atoms. The van der Waals surface area contributed by atoms with Crippen LogP contribution in [0.25, 0.3) is 22.3 Å². The smallest absolute Gasteiger partial charge is 0.0622 e. The molecule has 0 radical (unpaired) electrons. The van der Waals surface area contributed by atoms with E-state index in [1.807, 2.05) is 0 Å². The van der Waals surface area contributed by atoms with E-state index in [1.165, 1.54) is 89.0 Å². The predicted octanol–water partition coefficient (Wildman–Crippen LogP) is 15.0. The van der Waals surface area contributed by atoms with Crippen LogP contribution in [0, 0.1) is 0 Å². The average molecular weight is 761 g/mol. The zero-order chi connectivity index (χ0) is 40.5. The molecule has 0 heterocycles. The number of fused-ring (bicyclic) bond motifs is 10. The van der Waals surface area contributed by atoms with Gasteiger partial charge in [-0.1, -0.05) is 224 Å². The van der Waals surface area contributed by atoms with E-state index in [0.29, 0.717) is 0 Å². The van der Waals surface area contributed by atoms with E-state index < -0.39 is 5.41 Å². The molecule has 0 fully saturated rings. The third kappa shape index (κ3) is 6.03. The van der Waals surface area contributed by atoms with Gasteiger partial charge in [0.05, 0.1) is 5.41 Å². The first-order valence-electron chi connectivity index (χ1n) is 21.3. The van der Waals surface area contributed by atoms with Crippen molar-refractivity contribution in [3.63, 3.8) is 0 Å². The highest BCUT2D eigenvalue weighted by atomic mass is 14.5. The first kappa shape index (κ1) is 37.1. The van der Waals surface area contributed by atoms with Crippen LogP contribution in [0.4, 0.5) is 0 Å². The van der Waals surface area contributed by atoms with Gasteiger partial charge in [0.25, 0.3) is 0 Å². The Morgan fingerprint density at radius 3 is 0.966 bits per heavy atom. The van der Waals surface area contributed by atoms with Crippen molar-refractivity contribution in [1.29, 1.82) is 0 Å². The Kier molecular flexibility index (Phi) is 8.76. The quantitative estimate of drug-likeness (QED) is 0.148. The number of hydrogen-bond donors (Lipinski definition) is 0. The fourth-order valence-corrected chi connectivity index (χ4v) is 10.3. The van der Waals surface area contributed by atoms with Gasteiger partial charge in [0.2, 0.25) is 0 Å². The monoisotopic (exact) mass is 760 g/mol. The third-order valence-electron chi connectivity index (χ3n) is 13.3. The molecule has 0 saturated carbocycles. The highest BCUT2D eigenvalue weighted by Crippen LogP contribution is 2.63. The van der Waals surface area contributed by atoms with Gasteiger partial charge in [-0.2, -0.15) is 0 Å².